The van der Waals surface area contributed by atoms with Crippen LogP contribution in [0.5, 0.6) is 0 Å². The number of rotatable bonds is 2. The molecule has 0 unspecified atom stereocenters. The van der Waals surface area contributed by atoms with Crippen molar-refractivity contribution in [2.24, 2.45) is 0 Å². The highest BCUT2D eigenvalue weighted by atomic mass is 32.1. The summed E-state index contributed by atoms with van der Waals surface area (Å²) in [6, 6.07) is 8.48. The third-order valence-electron chi connectivity index (χ3n) is 3.18. The number of thiocarbonyl (C=S) groups is 1. The van der Waals surface area contributed by atoms with E-state index in [1.165, 1.54) is 30.3 Å². The molecule has 114 valence electrons. The van der Waals surface area contributed by atoms with Crippen LogP contribution in [0, 0.1) is 5.82 Å². The number of amides is 2. The van der Waals surface area contributed by atoms with E-state index in [0.29, 0.717) is 5.56 Å². The topological polar surface area (TPSA) is 62.3 Å². The van der Waals surface area contributed by atoms with Gasteiger partial charge in [0, 0.05) is 18.0 Å². The summed E-state index contributed by atoms with van der Waals surface area (Å²) in [6.45, 7) is 0. The van der Waals surface area contributed by atoms with Crippen LogP contribution < -0.4 is 5.32 Å². The first kappa shape index (κ1) is 15.0. The van der Waals surface area contributed by atoms with Crippen LogP contribution in [0.15, 0.2) is 54.5 Å². The maximum Gasteiger partial charge on any atom is 0.274 e. The molecule has 0 radical (unpaired) electrons. The fraction of sp³-hybridized carbons (Fsp3) is 0. The number of hydrogen-bond acceptors (Lipinski definition) is 4. The first-order valence-electron chi connectivity index (χ1n) is 6.63. The van der Waals surface area contributed by atoms with Gasteiger partial charge in [-0.05, 0) is 54.2 Å². The fourth-order valence-corrected chi connectivity index (χ4v) is 2.37. The zero-order chi connectivity index (χ0) is 16.4. The van der Waals surface area contributed by atoms with Crippen molar-refractivity contribution in [3.8, 4) is 0 Å². The molecule has 23 heavy (non-hydrogen) atoms. The van der Waals surface area contributed by atoms with Gasteiger partial charge in [-0.1, -0.05) is 6.07 Å². The molecular weight excluding hydrogens is 317 g/mol. The second kappa shape index (κ2) is 6.05. The van der Waals surface area contributed by atoms with E-state index < -0.39 is 17.6 Å². The molecule has 3 rings (SSSR count). The normalized spacial score (nSPS) is 15.9. The second-order valence-electron chi connectivity index (χ2n) is 4.72. The van der Waals surface area contributed by atoms with E-state index in [-0.39, 0.29) is 16.4 Å². The number of aromatic nitrogens is 1. The number of benzene rings is 1. The zero-order valence-electron chi connectivity index (χ0n) is 11.7. The first-order chi connectivity index (χ1) is 11.1. The van der Waals surface area contributed by atoms with E-state index in [1.54, 1.807) is 24.5 Å². The minimum Gasteiger partial charge on any atom is -0.297 e. The molecule has 2 aromatic rings. The number of pyridine rings is 1. The Balaban J connectivity index is 1.99. The molecule has 1 saturated heterocycles. The van der Waals surface area contributed by atoms with Crippen LogP contribution in [-0.4, -0.2) is 26.8 Å². The van der Waals surface area contributed by atoms with Gasteiger partial charge in [0.25, 0.3) is 11.8 Å². The largest absolute Gasteiger partial charge is 0.297 e. The Bertz CT molecular complexity index is 819. The number of halogens is 1. The molecule has 1 aromatic carbocycles. The molecule has 1 N–H and O–H groups in total. The molecule has 0 aliphatic carbocycles. The van der Waals surface area contributed by atoms with Gasteiger partial charge in [-0.2, -0.15) is 0 Å². The standard InChI is InChI=1S/C16H10FN3O2S/c17-12-5-3-11(4-6-12)15(22)20-13(14(21)19-16(20)23)8-10-2-1-7-18-9-10/h1-9H,(H,19,21,23)/b13-8-. The lowest BCUT2D eigenvalue weighted by atomic mass is 10.1. The summed E-state index contributed by atoms with van der Waals surface area (Å²) in [7, 11) is 0. The Morgan fingerprint density at radius 2 is 2.00 bits per heavy atom. The van der Waals surface area contributed by atoms with Gasteiger partial charge >= 0.3 is 0 Å². The number of hydrogen-bond donors (Lipinski definition) is 1. The summed E-state index contributed by atoms with van der Waals surface area (Å²) in [5.74, 6) is -1.44. The summed E-state index contributed by atoms with van der Waals surface area (Å²) in [5.41, 5.74) is 0.971. The molecule has 1 aliphatic rings. The van der Waals surface area contributed by atoms with Gasteiger partial charge in [0.2, 0.25) is 0 Å². The molecule has 0 bridgehead atoms. The number of carbonyl (C=O) groups is 2. The van der Waals surface area contributed by atoms with E-state index in [9.17, 15) is 14.0 Å². The van der Waals surface area contributed by atoms with Crippen LogP contribution >= 0.6 is 12.2 Å². The van der Waals surface area contributed by atoms with Crippen molar-refractivity contribution in [2.75, 3.05) is 0 Å². The van der Waals surface area contributed by atoms with Crippen LogP contribution in [-0.2, 0) is 4.79 Å². The lowest BCUT2D eigenvalue weighted by Gasteiger charge is -2.15. The first-order valence-corrected chi connectivity index (χ1v) is 7.04. The highest BCUT2D eigenvalue weighted by Crippen LogP contribution is 2.20. The van der Waals surface area contributed by atoms with Gasteiger partial charge in [0.1, 0.15) is 11.5 Å². The Morgan fingerprint density at radius 1 is 1.26 bits per heavy atom. The SMILES string of the molecule is O=C1NC(=S)N(C(=O)c2ccc(F)cc2)/C1=C\c1cccnc1. The van der Waals surface area contributed by atoms with Gasteiger partial charge in [-0.3, -0.25) is 19.9 Å². The molecule has 0 atom stereocenters. The van der Waals surface area contributed by atoms with Gasteiger partial charge in [-0.15, -0.1) is 0 Å². The summed E-state index contributed by atoms with van der Waals surface area (Å²) >= 11 is 5.06. The maximum atomic E-state index is 13.0. The summed E-state index contributed by atoms with van der Waals surface area (Å²) in [4.78, 5) is 29.7. The minimum absolute atomic E-state index is 0.0144. The van der Waals surface area contributed by atoms with Crippen LogP contribution in [0.3, 0.4) is 0 Å². The van der Waals surface area contributed by atoms with E-state index in [1.807, 2.05) is 0 Å². The molecule has 1 fully saturated rings. The predicted octanol–water partition coefficient (Wildman–Crippen LogP) is 2.12. The average Bonchev–Trinajstić information content (AvgIpc) is 2.82. The molecule has 0 saturated carbocycles. The van der Waals surface area contributed by atoms with Crippen molar-refractivity contribution in [3.05, 3.63) is 71.4 Å². The number of nitrogens with zero attached hydrogens (tertiary/aromatic N) is 2. The van der Waals surface area contributed by atoms with Crippen molar-refractivity contribution in [2.45, 2.75) is 0 Å². The maximum absolute atomic E-state index is 13.0. The van der Waals surface area contributed by atoms with Gasteiger partial charge in [0.15, 0.2) is 5.11 Å². The number of nitrogens with one attached hydrogen (secondary N) is 1. The van der Waals surface area contributed by atoms with Gasteiger partial charge in [0.05, 0.1) is 0 Å². The quantitative estimate of drug-likeness (QED) is 0.678. The molecule has 2 heterocycles. The third kappa shape index (κ3) is 3.00. The smallest absolute Gasteiger partial charge is 0.274 e. The molecule has 0 spiro atoms. The van der Waals surface area contributed by atoms with Crippen molar-refractivity contribution in [1.82, 2.24) is 15.2 Å². The van der Waals surface area contributed by atoms with Crippen LogP contribution in [0.2, 0.25) is 0 Å². The molecule has 7 heteroatoms. The summed E-state index contributed by atoms with van der Waals surface area (Å²) < 4.78 is 13.0. The van der Waals surface area contributed by atoms with Crippen molar-refractivity contribution in [3.63, 3.8) is 0 Å². The Kier molecular flexibility index (Phi) is 3.94. The van der Waals surface area contributed by atoms with Gasteiger partial charge < -0.3 is 0 Å². The summed E-state index contributed by atoms with van der Waals surface area (Å²) in [5, 5.41) is 2.42. The highest BCUT2D eigenvalue weighted by molar-refractivity contribution is 7.80. The Labute approximate surface area is 136 Å². The van der Waals surface area contributed by atoms with Crippen LogP contribution in [0.25, 0.3) is 6.08 Å². The minimum atomic E-state index is -0.511. The lowest BCUT2D eigenvalue weighted by Crippen LogP contribution is -2.33. The monoisotopic (exact) mass is 327 g/mol. The van der Waals surface area contributed by atoms with E-state index in [2.05, 4.69) is 10.3 Å². The predicted molar refractivity (Wildman–Crippen MR) is 85.5 cm³/mol. The molecule has 5 nitrogen and oxygen atoms in total. The zero-order valence-corrected chi connectivity index (χ0v) is 12.5. The Morgan fingerprint density at radius 3 is 2.65 bits per heavy atom. The van der Waals surface area contributed by atoms with Crippen LogP contribution in [0.4, 0.5) is 4.39 Å². The van der Waals surface area contributed by atoms with Crippen molar-refractivity contribution < 1.29 is 14.0 Å². The van der Waals surface area contributed by atoms with E-state index in [0.717, 1.165) is 4.90 Å². The highest BCUT2D eigenvalue weighted by Gasteiger charge is 2.35. The fourth-order valence-electron chi connectivity index (χ4n) is 2.10. The molecule has 1 aromatic heterocycles. The van der Waals surface area contributed by atoms with E-state index in [4.69, 9.17) is 12.2 Å². The van der Waals surface area contributed by atoms with Crippen LogP contribution in [0.1, 0.15) is 15.9 Å². The van der Waals surface area contributed by atoms with Gasteiger partial charge in [-0.25, -0.2) is 9.29 Å². The van der Waals surface area contributed by atoms with Crippen molar-refractivity contribution in [1.29, 1.82) is 0 Å². The number of carbonyl (C=O) groups excluding carboxylic acids is 2. The van der Waals surface area contributed by atoms with E-state index >= 15 is 0 Å². The molecule has 1 aliphatic heterocycles. The lowest BCUT2D eigenvalue weighted by molar-refractivity contribution is -0.115. The second-order valence-corrected chi connectivity index (χ2v) is 5.11. The molecular formula is C16H10FN3O2S. The molecule has 2 amide bonds. The average molecular weight is 327 g/mol. The summed E-state index contributed by atoms with van der Waals surface area (Å²) in [6.07, 6.45) is 4.67. The third-order valence-corrected chi connectivity index (χ3v) is 3.46. The Hall–Kier alpha value is -2.93. The van der Waals surface area contributed by atoms with Crippen molar-refractivity contribution >= 4 is 35.2 Å².